The molecule has 28 heavy (non-hydrogen) atoms. The number of para-hydroxylation sites is 2. The molecule has 1 fully saturated rings. The van der Waals surface area contributed by atoms with E-state index in [1.807, 2.05) is 0 Å². The average molecular weight is 444 g/mol. The van der Waals surface area contributed by atoms with Crippen LogP contribution >= 0.6 is 35.3 Å². The molecule has 1 aliphatic rings. The van der Waals surface area contributed by atoms with Crippen LogP contribution in [0.2, 0.25) is 0 Å². The Balaban J connectivity index is 1.92. The first-order chi connectivity index (χ1) is 13.4. The zero-order chi connectivity index (χ0) is 20.5. The summed E-state index contributed by atoms with van der Waals surface area (Å²) in [5, 5.41) is -0.420. The van der Waals surface area contributed by atoms with E-state index in [-0.39, 0.29) is 45.4 Å². The minimum absolute atomic E-state index is 0.0712. The Bertz CT molecular complexity index is 742. The van der Waals surface area contributed by atoms with Gasteiger partial charge in [-0.3, -0.25) is 19.2 Å². The van der Waals surface area contributed by atoms with Crippen LogP contribution in [0.4, 0.5) is 0 Å². The van der Waals surface area contributed by atoms with Crippen LogP contribution in [-0.4, -0.2) is 62.8 Å². The van der Waals surface area contributed by atoms with Gasteiger partial charge in [-0.25, -0.2) is 0 Å². The second kappa shape index (κ2) is 11.4. The van der Waals surface area contributed by atoms with Crippen LogP contribution in [-0.2, 0) is 19.2 Å². The summed E-state index contributed by atoms with van der Waals surface area (Å²) in [6.45, 7) is 3.66. The minimum Gasteiger partial charge on any atom is -0.487 e. The van der Waals surface area contributed by atoms with E-state index < -0.39 is 5.97 Å². The summed E-state index contributed by atoms with van der Waals surface area (Å²) in [7, 11) is 0. The van der Waals surface area contributed by atoms with Crippen molar-refractivity contribution in [2.75, 3.05) is 30.4 Å². The van der Waals surface area contributed by atoms with E-state index in [1.54, 1.807) is 40.9 Å². The number of benzene rings is 1. The number of amides is 1. The molecule has 1 heterocycles. The van der Waals surface area contributed by atoms with Crippen LogP contribution < -0.4 is 9.47 Å². The van der Waals surface area contributed by atoms with Gasteiger partial charge in [-0.15, -0.1) is 11.8 Å². The number of nitrogens with zero attached hydrogens (tertiary/aromatic N) is 1. The molecule has 1 atom stereocenters. The number of thioether (sulfide) groups is 3. The van der Waals surface area contributed by atoms with Gasteiger partial charge in [0.15, 0.2) is 21.7 Å². The second-order valence-electron chi connectivity index (χ2n) is 5.70. The molecule has 0 saturated carbocycles. The maximum atomic E-state index is 12.3. The van der Waals surface area contributed by atoms with Crippen molar-refractivity contribution in [2.24, 2.45) is 0 Å². The third-order valence-electron chi connectivity index (χ3n) is 3.56. The van der Waals surface area contributed by atoms with E-state index in [9.17, 15) is 19.2 Å². The highest BCUT2D eigenvalue weighted by atomic mass is 32.2. The van der Waals surface area contributed by atoms with E-state index in [0.717, 1.165) is 29.3 Å². The molecule has 0 aliphatic carbocycles. The summed E-state index contributed by atoms with van der Waals surface area (Å²) >= 11 is 3.48. The van der Waals surface area contributed by atoms with Gasteiger partial charge in [-0.05, 0) is 12.1 Å². The first-order valence-corrected chi connectivity index (χ1v) is 11.5. The van der Waals surface area contributed by atoms with Crippen LogP contribution in [0.1, 0.15) is 13.8 Å². The third-order valence-corrected chi connectivity index (χ3v) is 6.33. The molecule has 0 aromatic heterocycles. The van der Waals surface area contributed by atoms with E-state index in [0.29, 0.717) is 12.3 Å². The lowest BCUT2D eigenvalue weighted by molar-refractivity contribution is -0.131. The SMILES string of the molecule is CC(=O)SCC(=O)Oc1ccccc1OCC1SCCN1C(=O)CSC(C)=O. The van der Waals surface area contributed by atoms with E-state index >= 15 is 0 Å². The number of rotatable bonds is 8. The first kappa shape index (κ1) is 22.6. The van der Waals surface area contributed by atoms with Crippen LogP contribution in [0.5, 0.6) is 11.5 Å². The van der Waals surface area contributed by atoms with Crippen molar-refractivity contribution in [1.29, 1.82) is 0 Å². The van der Waals surface area contributed by atoms with Crippen LogP contribution in [0.15, 0.2) is 24.3 Å². The van der Waals surface area contributed by atoms with E-state index in [1.165, 1.54) is 13.8 Å². The second-order valence-corrected chi connectivity index (χ2v) is 9.30. The van der Waals surface area contributed by atoms with E-state index in [4.69, 9.17) is 9.47 Å². The molecule has 1 aromatic carbocycles. The smallest absolute Gasteiger partial charge is 0.321 e. The first-order valence-electron chi connectivity index (χ1n) is 8.47. The highest BCUT2D eigenvalue weighted by Gasteiger charge is 2.30. The molecular weight excluding hydrogens is 422 g/mol. The zero-order valence-corrected chi connectivity index (χ0v) is 18.0. The Labute approximate surface area is 176 Å². The van der Waals surface area contributed by atoms with Gasteiger partial charge >= 0.3 is 5.97 Å². The van der Waals surface area contributed by atoms with Crippen molar-refractivity contribution >= 4 is 57.4 Å². The van der Waals surface area contributed by atoms with Gasteiger partial charge in [0, 0.05) is 26.1 Å². The molecule has 0 spiro atoms. The summed E-state index contributed by atoms with van der Waals surface area (Å²) in [6.07, 6.45) is 0. The summed E-state index contributed by atoms with van der Waals surface area (Å²) in [6, 6.07) is 6.76. The number of carbonyl (C=O) groups excluding carboxylic acids is 4. The zero-order valence-electron chi connectivity index (χ0n) is 15.5. The van der Waals surface area contributed by atoms with Gasteiger partial charge in [0.25, 0.3) is 0 Å². The molecule has 0 radical (unpaired) electrons. The molecule has 0 N–H and O–H groups in total. The predicted molar refractivity (Wildman–Crippen MR) is 112 cm³/mol. The number of hydrogen-bond acceptors (Lipinski definition) is 9. The van der Waals surface area contributed by atoms with Crippen LogP contribution in [0, 0.1) is 0 Å². The molecule has 0 bridgehead atoms. The quantitative estimate of drug-likeness (QED) is 0.444. The van der Waals surface area contributed by atoms with Gasteiger partial charge in [0.1, 0.15) is 12.0 Å². The largest absolute Gasteiger partial charge is 0.487 e. The highest BCUT2D eigenvalue weighted by Crippen LogP contribution is 2.30. The minimum atomic E-state index is -0.537. The van der Waals surface area contributed by atoms with Gasteiger partial charge < -0.3 is 14.4 Å². The molecule has 1 saturated heterocycles. The van der Waals surface area contributed by atoms with Gasteiger partial charge in [0.05, 0.1) is 11.5 Å². The number of ether oxygens (including phenoxy) is 2. The lowest BCUT2D eigenvalue weighted by atomic mass is 10.3. The Morgan fingerprint density at radius 3 is 2.39 bits per heavy atom. The number of carbonyl (C=O) groups is 4. The molecule has 1 unspecified atom stereocenters. The van der Waals surface area contributed by atoms with Crippen molar-refractivity contribution in [3.63, 3.8) is 0 Å². The van der Waals surface area contributed by atoms with Crippen molar-refractivity contribution in [1.82, 2.24) is 4.90 Å². The molecule has 1 amide bonds. The fourth-order valence-corrected chi connectivity index (χ4v) is 4.33. The molecule has 1 aromatic rings. The molecule has 2 rings (SSSR count). The molecule has 1 aliphatic heterocycles. The fourth-order valence-electron chi connectivity index (χ4n) is 2.32. The molecule has 10 heteroatoms. The maximum Gasteiger partial charge on any atom is 0.321 e. The van der Waals surface area contributed by atoms with E-state index in [2.05, 4.69) is 0 Å². The lowest BCUT2D eigenvalue weighted by Crippen LogP contribution is -2.39. The Morgan fingerprint density at radius 1 is 1.07 bits per heavy atom. The summed E-state index contributed by atoms with van der Waals surface area (Å²) in [5.74, 6) is 0.867. The topological polar surface area (TPSA) is 90.0 Å². The maximum absolute atomic E-state index is 12.3. The highest BCUT2D eigenvalue weighted by molar-refractivity contribution is 8.14. The Morgan fingerprint density at radius 2 is 1.71 bits per heavy atom. The van der Waals surface area contributed by atoms with Crippen molar-refractivity contribution in [3.05, 3.63) is 24.3 Å². The summed E-state index contributed by atoms with van der Waals surface area (Å²) in [5.41, 5.74) is 0. The van der Waals surface area contributed by atoms with Crippen LogP contribution in [0.25, 0.3) is 0 Å². The van der Waals surface area contributed by atoms with Gasteiger partial charge in [0.2, 0.25) is 5.91 Å². The normalized spacial score (nSPS) is 15.9. The predicted octanol–water partition coefficient (Wildman–Crippen LogP) is 2.43. The molecule has 7 nitrogen and oxygen atoms in total. The van der Waals surface area contributed by atoms with Crippen molar-refractivity contribution in [2.45, 2.75) is 19.2 Å². The lowest BCUT2D eigenvalue weighted by Gasteiger charge is -2.24. The van der Waals surface area contributed by atoms with Crippen LogP contribution in [0.3, 0.4) is 0 Å². The fraction of sp³-hybridized carbons (Fsp3) is 0.444. The third kappa shape index (κ3) is 7.40. The van der Waals surface area contributed by atoms with Crippen molar-refractivity contribution < 1.29 is 28.7 Å². The molecule has 152 valence electrons. The Kier molecular flexibility index (Phi) is 9.20. The standard InChI is InChI=1S/C18H21NO6S3/c1-12(20)27-10-16(22)19-7-8-26-17(19)9-24-14-5-3-4-6-15(14)25-18(23)11-28-13(2)21/h3-6,17H,7-11H2,1-2H3. The van der Waals surface area contributed by atoms with Gasteiger partial charge in [-0.1, -0.05) is 35.7 Å². The van der Waals surface area contributed by atoms with Gasteiger partial charge in [-0.2, -0.15) is 0 Å². The summed E-state index contributed by atoms with van der Waals surface area (Å²) in [4.78, 5) is 47.9. The average Bonchev–Trinajstić information content (AvgIpc) is 3.12. The van der Waals surface area contributed by atoms with Crippen molar-refractivity contribution in [3.8, 4) is 11.5 Å². The summed E-state index contributed by atoms with van der Waals surface area (Å²) < 4.78 is 11.1. The number of esters is 1. The Hall–Kier alpha value is -1.65. The monoisotopic (exact) mass is 443 g/mol. The molecular formula is C18H21NO6S3. The number of hydrogen-bond donors (Lipinski definition) is 0.